The lowest BCUT2D eigenvalue weighted by atomic mass is 10.1. The van der Waals surface area contributed by atoms with E-state index in [4.69, 9.17) is 9.97 Å². The average molecular weight is 390 g/mol. The van der Waals surface area contributed by atoms with Crippen molar-refractivity contribution in [3.63, 3.8) is 0 Å². The van der Waals surface area contributed by atoms with Gasteiger partial charge in [-0.05, 0) is 42.8 Å². The molecule has 4 rings (SSSR count). The third-order valence-electron chi connectivity index (χ3n) is 3.97. The number of rotatable bonds is 3. The van der Waals surface area contributed by atoms with Crippen molar-refractivity contribution >= 4 is 38.3 Å². The molecule has 1 N–H and O–H groups in total. The summed E-state index contributed by atoms with van der Waals surface area (Å²) in [6.45, 7) is 2.08. The Morgan fingerprint density at radius 2 is 1.68 bits per heavy atom. The van der Waals surface area contributed by atoms with E-state index in [0.29, 0.717) is 5.82 Å². The first-order valence-electron chi connectivity index (χ1n) is 8.05. The number of hydrogen-bond acceptors (Lipinski definition) is 3. The van der Waals surface area contributed by atoms with Crippen LogP contribution in [0, 0.1) is 6.92 Å². The minimum absolute atomic E-state index is 0.713. The SMILES string of the molecule is Cc1cccc(Nc2nc(-c3ccccc3)nc3ccc(Br)cc23)c1. The van der Waals surface area contributed by atoms with Crippen LogP contribution in [0.15, 0.2) is 77.3 Å². The van der Waals surface area contributed by atoms with Crippen LogP contribution in [0.25, 0.3) is 22.3 Å². The van der Waals surface area contributed by atoms with Gasteiger partial charge in [-0.25, -0.2) is 9.97 Å². The van der Waals surface area contributed by atoms with Crippen LogP contribution in [0.4, 0.5) is 11.5 Å². The number of nitrogens with zero attached hydrogens (tertiary/aromatic N) is 2. The van der Waals surface area contributed by atoms with Gasteiger partial charge in [0.15, 0.2) is 5.82 Å². The Balaban J connectivity index is 1.89. The van der Waals surface area contributed by atoms with Crippen molar-refractivity contribution in [2.45, 2.75) is 6.92 Å². The quantitative estimate of drug-likeness (QED) is 0.459. The number of anilines is 2. The van der Waals surface area contributed by atoms with Gasteiger partial charge in [0.05, 0.1) is 5.52 Å². The number of nitrogens with one attached hydrogen (secondary N) is 1. The van der Waals surface area contributed by atoms with E-state index in [0.717, 1.165) is 32.4 Å². The van der Waals surface area contributed by atoms with Gasteiger partial charge in [-0.15, -0.1) is 0 Å². The number of fused-ring (bicyclic) bond motifs is 1. The van der Waals surface area contributed by atoms with E-state index in [1.807, 2.05) is 60.7 Å². The van der Waals surface area contributed by atoms with E-state index in [2.05, 4.69) is 40.3 Å². The van der Waals surface area contributed by atoms with E-state index >= 15 is 0 Å². The molecular weight excluding hydrogens is 374 g/mol. The smallest absolute Gasteiger partial charge is 0.162 e. The van der Waals surface area contributed by atoms with Gasteiger partial charge < -0.3 is 5.32 Å². The molecule has 0 aliphatic heterocycles. The van der Waals surface area contributed by atoms with Crippen LogP contribution >= 0.6 is 15.9 Å². The number of halogens is 1. The molecule has 3 aromatic carbocycles. The molecule has 25 heavy (non-hydrogen) atoms. The number of aryl methyl sites for hydroxylation is 1. The minimum atomic E-state index is 0.713. The summed E-state index contributed by atoms with van der Waals surface area (Å²) in [6.07, 6.45) is 0. The maximum atomic E-state index is 4.79. The van der Waals surface area contributed by atoms with Crippen LogP contribution in [0.5, 0.6) is 0 Å². The van der Waals surface area contributed by atoms with Gasteiger partial charge in [-0.1, -0.05) is 58.4 Å². The lowest BCUT2D eigenvalue weighted by molar-refractivity contribution is 1.22. The fraction of sp³-hybridized carbons (Fsp3) is 0.0476. The summed E-state index contributed by atoms with van der Waals surface area (Å²) < 4.78 is 1.00. The van der Waals surface area contributed by atoms with Crippen molar-refractivity contribution in [1.82, 2.24) is 9.97 Å². The lowest BCUT2D eigenvalue weighted by Gasteiger charge is -2.12. The van der Waals surface area contributed by atoms with Gasteiger partial charge in [0.25, 0.3) is 0 Å². The fourth-order valence-electron chi connectivity index (χ4n) is 2.77. The largest absolute Gasteiger partial charge is 0.340 e. The van der Waals surface area contributed by atoms with Gasteiger partial charge in [0.1, 0.15) is 5.82 Å². The van der Waals surface area contributed by atoms with Crippen molar-refractivity contribution in [1.29, 1.82) is 0 Å². The predicted octanol–water partition coefficient (Wildman–Crippen LogP) is 6.11. The van der Waals surface area contributed by atoms with Crippen molar-refractivity contribution in [3.8, 4) is 11.4 Å². The van der Waals surface area contributed by atoms with Crippen LogP contribution in [-0.2, 0) is 0 Å². The van der Waals surface area contributed by atoms with E-state index in [-0.39, 0.29) is 0 Å². The molecule has 0 spiro atoms. The second-order valence-corrected chi connectivity index (χ2v) is 6.83. The van der Waals surface area contributed by atoms with Crippen LogP contribution in [0.1, 0.15) is 5.56 Å². The summed E-state index contributed by atoms with van der Waals surface area (Å²) in [5.41, 5.74) is 4.12. The average Bonchev–Trinajstić information content (AvgIpc) is 2.63. The Labute approximate surface area is 154 Å². The fourth-order valence-corrected chi connectivity index (χ4v) is 3.13. The molecule has 0 atom stereocenters. The molecule has 0 saturated heterocycles. The molecule has 3 nitrogen and oxygen atoms in total. The third-order valence-corrected chi connectivity index (χ3v) is 4.46. The van der Waals surface area contributed by atoms with Crippen LogP contribution < -0.4 is 5.32 Å². The van der Waals surface area contributed by atoms with Crippen LogP contribution in [0.2, 0.25) is 0 Å². The molecule has 1 heterocycles. The van der Waals surface area contributed by atoms with E-state index < -0.39 is 0 Å². The second-order valence-electron chi connectivity index (χ2n) is 5.92. The molecule has 0 amide bonds. The predicted molar refractivity (Wildman–Crippen MR) is 107 cm³/mol. The van der Waals surface area contributed by atoms with Crippen molar-refractivity contribution < 1.29 is 0 Å². The van der Waals surface area contributed by atoms with E-state index in [1.54, 1.807) is 0 Å². The Kier molecular flexibility index (Phi) is 4.20. The van der Waals surface area contributed by atoms with Gasteiger partial charge >= 0.3 is 0 Å². The third kappa shape index (κ3) is 3.39. The summed E-state index contributed by atoms with van der Waals surface area (Å²) in [7, 11) is 0. The first-order chi connectivity index (χ1) is 12.2. The molecule has 4 aromatic rings. The molecular formula is C21H16BrN3. The second kappa shape index (κ2) is 6.65. The van der Waals surface area contributed by atoms with E-state index in [1.165, 1.54) is 5.56 Å². The highest BCUT2D eigenvalue weighted by molar-refractivity contribution is 9.10. The summed E-state index contributed by atoms with van der Waals surface area (Å²) in [4.78, 5) is 9.53. The van der Waals surface area contributed by atoms with Gasteiger partial charge in [0, 0.05) is 21.1 Å². The molecule has 4 heteroatoms. The minimum Gasteiger partial charge on any atom is -0.340 e. The Morgan fingerprint density at radius 1 is 0.840 bits per heavy atom. The monoisotopic (exact) mass is 389 g/mol. The van der Waals surface area contributed by atoms with Gasteiger partial charge in [-0.2, -0.15) is 0 Å². The molecule has 0 saturated carbocycles. The standard InChI is InChI=1S/C21H16BrN3/c1-14-6-5-9-17(12-14)23-21-18-13-16(22)10-11-19(18)24-20(25-21)15-7-3-2-4-8-15/h2-13H,1H3,(H,23,24,25). The Hall–Kier alpha value is -2.72. The molecule has 1 aromatic heterocycles. The molecule has 0 aliphatic rings. The zero-order valence-corrected chi connectivity index (χ0v) is 15.3. The van der Waals surface area contributed by atoms with Gasteiger partial charge in [-0.3, -0.25) is 0 Å². The molecule has 0 fully saturated rings. The summed E-state index contributed by atoms with van der Waals surface area (Å²) in [6, 6.07) is 24.4. The first-order valence-corrected chi connectivity index (χ1v) is 8.85. The normalized spacial score (nSPS) is 10.8. The van der Waals surface area contributed by atoms with Crippen LogP contribution in [-0.4, -0.2) is 9.97 Å². The topological polar surface area (TPSA) is 37.8 Å². The number of benzene rings is 3. The number of hydrogen-bond donors (Lipinski definition) is 1. The number of aromatic nitrogens is 2. The molecule has 0 unspecified atom stereocenters. The summed E-state index contributed by atoms with van der Waals surface area (Å²) in [5.74, 6) is 1.52. The lowest BCUT2D eigenvalue weighted by Crippen LogP contribution is -1.99. The highest BCUT2D eigenvalue weighted by atomic mass is 79.9. The maximum Gasteiger partial charge on any atom is 0.162 e. The first kappa shape index (κ1) is 15.8. The van der Waals surface area contributed by atoms with Crippen molar-refractivity contribution in [2.75, 3.05) is 5.32 Å². The van der Waals surface area contributed by atoms with Crippen molar-refractivity contribution in [3.05, 3.63) is 82.8 Å². The zero-order chi connectivity index (χ0) is 17.2. The van der Waals surface area contributed by atoms with Gasteiger partial charge in [0.2, 0.25) is 0 Å². The highest BCUT2D eigenvalue weighted by Gasteiger charge is 2.10. The zero-order valence-electron chi connectivity index (χ0n) is 13.7. The van der Waals surface area contributed by atoms with Crippen molar-refractivity contribution in [2.24, 2.45) is 0 Å². The van der Waals surface area contributed by atoms with Crippen LogP contribution in [0.3, 0.4) is 0 Å². The Morgan fingerprint density at radius 3 is 2.48 bits per heavy atom. The molecule has 122 valence electrons. The highest BCUT2D eigenvalue weighted by Crippen LogP contribution is 2.29. The summed E-state index contributed by atoms with van der Waals surface area (Å²) >= 11 is 3.54. The molecule has 0 bridgehead atoms. The van der Waals surface area contributed by atoms with E-state index in [9.17, 15) is 0 Å². The maximum absolute atomic E-state index is 4.79. The molecule has 0 radical (unpaired) electrons. The molecule has 0 aliphatic carbocycles. The summed E-state index contributed by atoms with van der Waals surface area (Å²) in [5, 5.41) is 4.44. The Bertz CT molecular complexity index is 1050.